The molecule has 2 aromatic rings. The Kier molecular flexibility index (Phi) is 4.37. The number of nitrogens with zero attached hydrogens (tertiary/aromatic N) is 1. The first-order valence-electron chi connectivity index (χ1n) is 7.74. The molecule has 1 aromatic heterocycles. The van der Waals surface area contributed by atoms with Crippen molar-refractivity contribution in [1.82, 2.24) is 4.98 Å². The number of halogens is 1. The molecule has 0 amide bonds. The van der Waals surface area contributed by atoms with Crippen molar-refractivity contribution in [2.75, 3.05) is 0 Å². The zero-order chi connectivity index (χ0) is 17.7. The zero-order valence-electron chi connectivity index (χ0n) is 14.3. The molecule has 0 saturated carbocycles. The van der Waals surface area contributed by atoms with E-state index in [1.807, 2.05) is 34.6 Å². The lowest BCUT2D eigenvalue weighted by Gasteiger charge is -2.32. The van der Waals surface area contributed by atoms with Gasteiger partial charge in [0, 0.05) is 11.3 Å². The summed E-state index contributed by atoms with van der Waals surface area (Å²) in [4.78, 5) is 17.1. The summed E-state index contributed by atoms with van der Waals surface area (Å²) >= 11 is 7.42. The first kappa shape index (κ1) is 17.6. The number of carbonyl (C=O) groups is 1. The van der Waals surface area contributed by atoms with Gasteiger partial charge in [-0.25, -0.2) is 4.98 Å². The monoisotopic (exact) mass is 363 g/mol. The second kappa shape index (κ2) is 5.95. The van der Waals surface area contributed by atoms with E-state index in [1.54, 1.807) is 24.3 Å². The van der Waals surface area contributed by atoms with Crippen molar-refractivity contribution in [2.24, 2.45) is 0 Å². The lowest BCUT2D eigenvalue weighted by Crippen LogP contribution is -2.41. The van der Waals surface area contributed by atoms with Crippen LogP contribution in [-0.2, 0) is 9.31 Å². The van der Waals surface area contributed by atoms with E-state index in [-0.39, 0.29) is 5.78 Å². The van der Waals surface area contributed by atoms with E-state index in [4.69, 9.17) is 20.9 Å². The third-order valence-electron chi connectivity index (χ3n) is 4.61. The Hall–Kier alpha value is -1.21. The molecule has 1 fully saturated rings. The van der Waals surface area contributed by atoms with Gasteiger partial charge in [0.25, 0.3) is 0 Å². The number of aromatic nitrogens is 1. The van der Waals surface area contributed by atoms with Crippen LogP contribution in [0.25, 0.3) is 0 Å². The van der Waals surface area contributed by atoms with E-state index in [9.17, 15) is 4.79 Å². The number of ketones is 1. The van der Waals surface area contributed by atoms with Crippen molar-refractivity contribution < 1.29 is 14.1 Å². The Morgan fingerprint density at radius 1 is 1.17 bits per heavy atom. The fourth-order valence-corrected chi connectivity index (χ4v) is 3.64. The van der Waals surface area contributed by atoms with Gasteiger partial charge in [0.15, 0.2) is 5.01 Å². The van der Waals surface area contributed by atoms with Crippen LogP contribution in [0.4, 0.5) is 0 Å². The molecule has 0 unspecified atom stereocenters. The Labute approximate surface area is 151 Å². The molecule has 4 nitrogen and oxygen atoms in total. The summed E-state index contributed by atoms with van der Waals surface area (Å²) in [5.41, 5.74) is 0.337. The predicted octanol–water partition coefficient (Wildman–Crippen LogP) is 3.64. The average Bonchev–Trinajstić information content (AvgIpc) is 2.96. The highest BCUT2D eigenvalue weighted by atomic mass is 35.5. The molecule has 1 aromatic carbocycles. The minimum Gasteiger partial charge on any atom is -0.399 e. The van der Waals surface area contributed by atoms with Crippen LogP contribution in [0.1, 0.15) is 48.8 Å². The molecule has 0 atom stereocenters. The number of thiazole rings is 1. The highest BCUT2D eigenvalue weighted by Gasteiger charge is 2.53. The van der Waals surface area contributed by atoms with Crippen LogP contribution >= 0.6 is 22.9 Å². The SMILES string of the molecule is Cc1nc(C(=O)c2ccccc2Cl)sc1B1OC(C)(C)C(C)(C)O1. The van der Waals surface area contributed by atoms with Gasteiger partial charge in [-0.05, 0) is 46.8 Å². The van der Waals surface area contributed by atoms with Crippen LogP contribution in [-0.4, -0.2) is 29.1 Å². The minimum absolute atomic E-state index is 0.184. The van der Waals surface area contributed by atoms with Crippen LogP contribution < -0.4 is 4.78 Å². The number of benzene rings is 1. The van der Waals surface area contributed by atoms with E-state index in [0.717, 1.165) is 10.5 Å². The van der Waals surface area contributed by atoms with Crippen molar-refractivity contribution in [3.8, 4) is 0 Å². The average molecular weight is 364 g/mol. The van der Waals surface area contributed by atoms with E-state index < -0.39 is 18.3 Å². The van der Waals surface area contributed by atoms with Crippen LogP contribution in [0.5, 0.6) is 0 Å². The summed E-state index contributed by atoms with van der Waals surface area (Å²) in [7, 11) is -0.514. The smallest absolute Gasteiger partial charge is 0.399 e. The lowest BCUT2D eigenvalue weighted by molar-refractivity contribution is 0.00578. The summed E-state index contributed by atoms with van der Waals surface area (Å²) in [5.74, 6) is -0.184. The maximum absolute atomic E-state index is 12.7. The van der Waals surface area contributed by atoms with Crippen molar-refractivity contribution in [1.29, 1.82) is 0 Å². The van der Waals surface area contributed by atoms with E-state index >= 15 is 0 Å². The summed E-state index contributed by atoms with van der Waals surface area (Å²) in [6.07, 6.45) is 0. The predicted molar refractivity (Wildman–Crippen MR) is 97.5 cm³/mol. The van der Waals surface area contributed by atoms with Crippen molar-refractivity contribution in [2.45, 2.75) is 45.8 Å². The zero-order valence-corrected chi connectivity index (χ0v) is 15.9. The second-order valence-electron chi connectivity index (χ2n) is 6.87. The van der Waals surface area contributed by atoms with E-state index in [0.29, 0.717) is 15.6 Å². The van der Waals surface area contributed by atoms with Crippen molar-refractivity contribution in [3.63, 3.8) is 0 Å². The summed E-state index contributed by atoms with van der Waals surface area (Å²) < 4.78 is 13.0. The molecule has 1 saturated heterocycles. The fourth-order valence-electron chi connectivity index (χ4n) is 2.43. The van der Waals surface area contributed by atoms with Gasteiger partial charge in [0.2, 0.25) is 5.78 Å². The number of hydrogen-bond acceptors (Lipinski definition) is 5. The molecule has 3 rings (SSSR count). The third-order valence-corrected chi connectivity index (χ3v) is 6.12. The summed E-state index contributed by atoms with van der Waals surface area (Å²) in [6, 6.07) is 6.98. The molecule has 2 heterocycles. The van der Waals surface area contributed by atoms with Crippen molar-refractivity contribution in [3.05, 3.63) is 45.6 Å². The Morgan fingerprint density at radius 3 is 2.33 bits per heavy atom. The molecule has 0 radical (unpaired) electrons. The molecule has 0 spiro atoms. The van der Waals surface area contributed by atoms with Crippen molar-refractivity contribution >= 4 is 40.6 Å². The molecule has 1 aliphatic heterocycles. The van der Waals surface area contributed by atoms with Crippen LogP contribution in [0, 0.1) is 6.92 Å². The molecule has 24 heavy (non-hydrogen) atoms. The number of hydrogen-bond donors (Lipinski definition) is 0. The summed E-state index contributed by atoms with van der Waals surface area (Å²) in [5, 5.41) is 0.817. The lowest BCUT2D eigenvalue weighted by atomic mass is 9.86. The molecule has 126 valence electrons. The molecule has 1 aliphatic rings. The largest absolute Gasteiger partial charge is 0.507 e. The highest BCUT2D eigenvalue weighted by molar-refractivity contribution is 7.23. The maximum atomic E-state index is 12.7. The van der Waals surface area contributed by atoms with Gasteiger partial charge in [0.05, 0.1) is 21.0 Å². The van der Waals surface area contributed by atoms with Gasteiger partial charge in [-0.1, -0.05) is 23.7 Å². The van der Waals surface area contributed by atoms with E-state index in [1.165, 1.54) is 11.3 Å². The standard InChI is InChI=1S/C17H19BClNO3S/c1-10-14(18-22-16(2,3)17(4,5)23-18)24-15(20-10)13(21)11-8-6-7-9-12(11)19/h6-9H,1-5H3. The van der Waals surface area contributed by atoms with Gasteiger partial charge >= 0.3 is 7.12 Å². The normalized spacial score (nSPS) is 18.8. The number of rotatable bonds is 3. The number of carbonyl (C=O) groups excluding carboxylic acids is 1. The maximum Gasteiger partial charge on any atom is 0.507 e. The molecule has 7 heteroatoms. The fraction of sp³-hybridized carbons (Fsp3) is 0.412. The third kappa shape index (κ3) is 2.92. The van der Waals surface area contributed by atoms with Crippen LogP contribution in [0.3, 0.4) is 0 Å². The molecular weight excluding hydrogens is 345 g/mol. The second-order valence-corrected chi connectivity index (χ2v) is 8.30. The molecule has 0 bridgehead atoms. The van der Waals surface area contributed by atoms with Gasteiger partial charge in [-0.3, -0.25) is 4.79 Å². The minimum atomic E-state index is -0.514. The van der Waals surface area contributed by atoms with Gasteiger partial charge in [0.1, 0.15) is 0 Å². The van der Waals surface area contributed by atoms with E-state index in [2.05, 4.69) is 4.98 Å². The number of aryl methyl sites for hydroxylation is 1. The first-order chi connectivity index (χ1) is 11.1. The molecular formula is C17H19BClNO3S. The topological polar surface area (TPSA) is 48.4 Å². The van der Waals surface area contributed by atoms with Gasteiger partial charge < -0.3 is 9.31 Å². The summed E-state index contributed by atoms with van der Waals surface area (Å²) in [6.45, 7) is 9.86. The van der Waals surface area contributed by atoms with Crippen LogP contribution in [0.15, 0.2) is 24.3 Å². The molecule has 0 aliphatic carbocycles. The molecule has 0 N–H and O–H groups in total. The first-order valence-corrected chi connectivity index (χ1v) is 8.94. The van der Waals surface area contributed by atoms with Gasteiger partial charge in [-0.15, -0.1) is 11.3 Å². The Morgan fingerprint density at radius 2 is 1.75 bits per heavy atom. The highest BCUT2D eigenvalue weighted by Crippen LogP contribution is 2.37. The Balaban J connectivity index is 1.92. The quantitative estimate of drug-likeness (QED) is 0.617. The van der Waals surface area contributed by atoms with Gasteiger partial charge in [-0.2, -0.15) is 0 Å². The van der Waals surface area contributed by atoms with Crippen LogP contribution in [0.2, 0.25) is 5.02 Å². The Bertz CT molecular complexity index is 787.